The van der Waals surface area contributed by atoms with Gasteiger partial charge in [-0.25, -0.2) is 4.79 Å². The van der Waals surface area contributed by atoms with Crippen LogP contribution in [0.5, 0.6) is 0 Å². The first kappa shape index (κ1) is 15.9. The largest absolute Gasteiger partial charge is 0.453 e. The van der Waals surface area contributed by atoms with Crippen LogP contribution in [0.1, 0.15) is 40.5 Å². The number of hydrogen-bond acceptors (Lipinski definition) is 4. The van der Waals surface area contributed by atoms with Crippen molar-refractivity contribution in [3.63, 3.8) is 0 Å². The summed E-state index contributed by atoms with van der Waals surface area (Å²) in [5.41, 5.74) is -0.580. The summed E-state index contributed by atoms with van der Waals surface area (Å²) in [4.78, 5) is 11.8. The van der Waals surface area contributed by atoms with Crippen molar-refractivity contribution in [1.29, 1.82) is 0 Å². The third kappa shape index (κ3) is 2.07. The Morgan fingerprint density at radius 1 is 1.24 bits per heavy atom. The Morgan fingerprint density at radius 3 is 2.29 bits per heavy atom. The lowest BCUT2D eigenvalue weighted by molar-refractivity contribution is -0.213. The fraction of sp³-hybridized carbons (Fsp3) is 0.933. The van der Waals surface area contributed by atoms with E-state index in [9.17, 15) is 13.6 Å². The fourth-order valence-corrected chi connectivity index (χ4v) is 8.50. The van der Waals surface area contributed by atoms with Crippen LogP contribution < -0.4 is 0 Å². The van der Waals surface area contributed by atoms with E-state index in [0.29, 0.717) is 25.2 Å². The summed E-state index contributed by atoms with van der Waals surface area (Å²) in [6.45, 7) is 7.02. The first-order valence-corrected chi connectivity index (χ1v) is 9.39. The molecule has 1 spiro atoms. The molecule has 120 valence electrons. The molecule has 3 unspecified atom stereocenters. The van der Waals surface area contributed by atoms with Crippen molar-refractivity contribution in [2.24, 2.45) is 17.3 Å². The van der Waals surface area contributed by atoms with Crippen molar-refractivity contribution in [3.8, 4) is 0 Å². The fourth-order valence-electron chi connectivity index (χ4n) is 4.33. The van der Waals surface area contributed by atoms with Crippen LogP contribution in [-0.2, 0) is 9.53 Å². The molecular weight excluding hydrogens is 314 g/mol. The Hall–Kier alpha value is 0.0300. The topological polar surface area (TPSA) is 26.3 Å². The van der Waals surface area contributed by atoms with Crippen LogP contribution in [0.2, 0.25) is 0 Å². The molecule has 0 aromatic rings. The molecule has 0 aromatic heterocycles. The number of carbonyl (C=O) groups excluding carboxylic acids is 1. The van der Waals surface area contributed by atoms with E-state index in [0.717, 1.165) is 17.9 Å². The highest BCUT2D eigenvalue weighted by atomic mass is 32.2. The van der Waals surface area contributed by atoms with E-state index in [-0.39, 0.29) is 9.49 Å². The maximum Gasteiger partial charge on any atom is 0.377 e. The lowest BCUT2D eigenvalue weighted by Gasteiger charge is -2.69. The second-order valence-electron chi connectivity index (χ2n) is 7.38. The van der Waals surface area contributed by atoms with Gasteiger partial charge in [0, 0.05) is 18.4 Å². The second kappa shape index (κ2) is 4.53. The van der Waals surface area contributed by atoms with Gasteiger partial charge in [0.15, 0.2) is 0 Å². The number of esters is 1. The van der Waals surface area contributed by atoms with E-state index in [4.69, 9.17) is 4.74 Å². The molecule has 0 radical (unpaired) electrons. The molecule has 1 heterocycles. The van der Waals surface area contributed by atoms with Crippen LogP contribution in [0, 0.1) is 17.3 Å². The molecule has 3 saturated carbocycles. The van der Waals surface area contributed by atoms with E-state index in [1.54, 1.807) is 0 Å². The van der Waals surface area contributed by atoms with Crippen molar-refractivity contribution in [2.75, 3.05) is 11.5 Å². The molecule has 4 aliphatic rings. The minimum absolute atomic E-state index is 0.213. The molecule has 3 atom stereocenters. The van der Waals surface area contributed by atoms with Crippen molar-refractivity contribution in [2.45, 2.75) is 56.1 Å². The summed E-state index contributed by atoms with van der Waals surface area (Å²) in [5.74, 6) is -1.93. The van der Waals surface area contributed by atoms with Gasteiger partial charge < -0.3 is 4.74 Å². The van der Waals surface area contributed by atoms with E-state index in [1.807, 2.05) is 30.4 Å². The summed E-state index contributed by atoms with van der Waals surface area (Å²) in [6, 6.07) is 0. The Kier molecular flexibility index (Phi) is 3.43. The van der Waals surface area contributed by atoms with E-state index in [1.165, 1.54) is 0 Å². The van der Waals surface area contributed by atoms with Gasteiger partial charge in [-0.1, -0.05) is 13.8 Å². The second-order valence-corrected chi connectivity index (χ2v) is 10.3. The maximum atomic E-state index is 13.3. The van der Waals surface area contributed by atoms with E-state index < -0.39 is 17.5 Å². The van der Waals surface area contributed by atoms with Gasteiger partial charge in [-0.15, -0.1) is 23.5 Å². The van der Waals surface area contributed by atoms with Gasteiger partial charge in [0.2, 0.25) is 0 Å². The number of fused-ring (bicyclic) bond motifs is 1. The predicted molar refractivity (Wildman–Crippen MR) is 82.8 cm³/mol. The number of halogens is 2. The quantitative estimate of drug-likeness (QED) is 0.707. The van der Waals surface area contributed by atoms with Crippen LogP contribution in [-0.4, -0.2) is 33.1 Å². The van der Waals surface area contributed by atoms with Crippen LogP contribution in [0.15, 0.2) is 0 Å². The highest BCUT2D eigenvalue weighted by Crippen LogP contribution is 2.74. The Morgan fingerprint density at radius 2 is 1.81 bits per heavy atom. The number of carbonyl (C=O) groups is 1. The normalized spacial score (nSPS) is 39.9. The minimum Gasteiger partial charge on any atom is -0.453 e. The standard InChI is InChI=1S/C15H22F2O2S2/c1-12(2)9-7-10(12)15(20-5-6-21-15)13(3,8-9)19-11(18)14(4,16)17/h9-10H,5-8H2,1-4H3. The van der Waals surface area contributed by atoms with Gasteiger partial charge in [0.05, 0.1) is 0 Å². The zero-order valence-corrected chi connectivity index (χ0v) is 14.5. The molecule has 21 heavy (non-hydrogen) atoms. The SMILES string of the molecule is CC(F)(F)C(=O)OC1(C)CC2CC(C2(C)C)C12SCCS2. The highest BCUT2D eigenvalue weighted by Gasteiger charge is 2.72. The Bertz CT molecular complexity index is 469. The van der Waals surface area contributed by atoms with E-state index in [2.05, 4.69) is 13.8 Å². The smallest absolute Gasteiger partial charge is 0.377 e. The minimum atomic E-state index is -3.42. The molecule has 2 bridgehead atoms. The van der Waals surface area contributed by atoms with Crippen molar-refractivity contribution >= 4 is 29.5 Å². The van der Waals surface area contributed by atoms with Crippen molar-refractivity contribution in [1.82, 2.24) is 0 Å². The Balaban J connectivity index is 1.93. The number of thioether (sulfide) groups is 2. The zero-order chi connectivity index (χ0) is 15.7. The zero-order valence-electron chi connectivity index (χ0n) is 12.9. The summed E-state index contributed by atoms with van der Waals surface area (Å²) >= 11 is 3.63. The average Bonchev–Trinajstić information content (AvgIpc) is 2.81. The van der Waals surface area contributed by atoms with Crippen LogP contribution >= 0.6 is 23.5 Å². The monoisotopic (exact) mass is 336 g/mol. The Labute approximate surface area is 133 Å². The number of hydrogen-bond donors (Lipinski definition) is 0. The highest BCUT2D eigenvalue weighted by molar-refractivity contribution is 8.21. The summed E-state index contributed by atoms with van der Waals surface area (Å²) < 4.78 is 31.8. The van der Waals surface area contributed by atoms with Gasteiger partial charge in [0.1, 0.15) is 9.68 Å². The molecule has 4 rings (SSSR count). The van der Waals surface area contributed by atoms with Gasteiger partial charge in [-0.2, -0.15) is 8.78 Å². The molecule has 0 N–H and O–H groups in total. The van der Waals surface area contributed by atoms with Crippen molar-refractivity contribution < 1.29 is 18.3 Å². The molecule has 6 heteroatoms. The molecule has 2 nitrogen and oxygen atoms in total. The third-order valence-corrected chi connectivity index (χ3v) is 9.77. The average molecular weight is 336 g/mol. The van der Waals surface area contributed by atoms with Gasteiger partial charge in [-0.05, 0) is 37.0 Å². The summed E-state index contributed by atoms with van der Waals surface area (Å²) in [6.07, 6.45) is 1.82. The lowest BCUT2D eigenvalue weighted by Crippen LogP contribution is -2.70. The summed E-state index contributed by atoms with van der Waals surface area (Å²) in [7, 11) is 0. The first-order chi connectivity index (χ1) is 9.53. The lowest BCUT2D eigenvalue weighted by atomic mass is 9.45. The molecule has 0 amide bonds. The van der Waals surface area contributed by atoms with Gasteiger partial charge in [-0.3, -0.25) is 0 Å². The number of alkyl halides is 2. The van der Waals surface area contributed by atoms with E-state index >= 15 is 0 Å². The molecule has 0 aromatic carbocycles. The predicted octanol–water partition coefficient (Wildman–Crippen LogP) is 4.19. The van der Waals surface area contributed by atoms with Crippen LogP contribution in [0.25, 0.3) is 0 Å². The van der Waals surface area contributed by atoms with Gasteiger partial charge in [0.25, 0.3) is 0 Å². The van der Waals surface area contributed by atoms with Crippen LogP contribution in [0.3, 0.4) is 0 Å². The molecule has 3 aliphatic carbocycles. The first-order valence-electron chi connectivity index (χ1n) is 7.42. The van der Waals surface area contributed by atoms with Crippen LogP contribution in [0.4, 0.5) is 8.78 Å². The number of rotatable bonds is 2. The maximum absolute atomic E-state index is 13.3. The molecular formula is C15H22F2O2S2. The third-order valence-electron chi connectivity index (χ3n) is 5.70. The van der Waals surface area contributed by atoms with Gasteiger partial charge >= 0.3 is 11.9 Å². The number of ether oxygens (including phenoxy) is 1. The summed E-state index contributed by atoms with van der Waals surface area (Å²) in [5, 5.41) is 0. The molecule has 4 fully saturated rings. The molecule has 1 saturated heterocycles. The van der Waals surface area contributed by atoms with Crippen molar-refractivity contribution in [3.05, 3.63) is 0 Å². The molecule has 1 aliphatic heterocycles.